The van der Waals surface area contributed by atoms with E-state index >= 15 is 0 Å². The smallest absolute Gasteiger partial charge is 0.209 e. The van der Waals surface area contributed by atoms with Gasteiger partial charge in [0.05, 0.1) is 12.2 Å². The van der Waals surface area contributed by atoms with Gasteiger partial charge in [0.2, 0.25) is 5.89 Å². The van der Waals surface area contributed by atoms with Crippen molar-refractivity contribution < 1.29 is 4.42 Å². The second kappa shape index (κ2) is 3.49. The highest BCUT2D eigenvalue weighted by Gasteiger charge is 2.27. The van der Waals surface area contributed by atoms with Crippen molar-refractivity contribution in [2.75, 3.05) is 12.8 Å². The summed E-state index contributed by atoms with van der Waals surface area (Å²) >= 11 is 0. The molecule has 0 radical (unpaired) electrons. The largest absolute Gasteiger partial charge is 0.439 e. The van der Waals surface area contributed by atoms with Gasteiger partial charge in [0.25, 0.3) is 0 Å². The number of nitrogens with zero attached hydrogens (tertiary/aromatic N) is 2. The van der Waals surface area contributed by atoms with Crippen LogP contribution in [0.25, 0.3) is 11.1 Å². The third kappa shape index (κ3) is 1.65. The minimum Gasteiger partial charge on any atom is -0.439 e. The van der Waals surface area contributed by atoms with Crippen LogP contribution < -0.4 is 5.73 Å². The average molecular weight is 217 g/mol. The Balaban J connectivity index is 1.89. The van der Waals surface area contributed by atoms with Gasteiger partial charge in [0.1, 0.15) is 5.52 Å². The van der Waals surface area contributed by atoms with Gasteiger partial charge in [0.15, 0.2) is 5.58 Å². The number of hydrogen-bond acceptors (Lipinski definition) is 4. The summed E-state index contributed by atoms with van der Waals surface area (Å²) in [4.78, 5) is 6.71. The highest BCUT2D eigenvalue weighted by atomic mass is 16.3. The molecule has 1 fully saturated rings. The summed E-state index contributed by atoms with van der Waals surface area (Å²) in [6, 6.07) is 6.35. The lowest BCUT2D eigenvalue weighted by Gasteiger charge is -2.11. The summed E-state index contributed by atoms with van der Waals surface area (Å²) in [5.41, 5.74) is 8.07. The number of nitrogen functional groups attached to an aromatic ring is 1. The van der Waals surface area contributed by atoms with E-state index in [0.29, 0.717) is 11.7 Å². The van der Waals surface area contributed by atoms with Gasteiger partial charge >= 0.3 is 0 Å². The van der Waals surface area contributed by atoms with E-state index in [2.05, 4.69) is 16.9 Å². The molecule has 84 valence electrons. The molecule has 0 atom stereocenters. The molecule has 0 saturated heterocycles. The van der Waals surface area contributed by atoms with Crippen molar-refractivity contribution in [2.45, 2.75) is 25.4 Å². The van der Waals surface area contributed by atoms with Gasteiger partial charge in [-0.15, -0.1) is 0 Å². The summed E-state index contributed by atoms with van der Waals surface area (Å²) in [7, 11) is 2.11. The number of hydrogen-bond donors (Lipinski definition) is 1. The second-order valence-electron chi connectivity index (χ2n) is 4.45. The van der Waals surface area contributed by atoms with Gasteiger partial charge < -0.3 is 10.2 Å². The average Bonchev–Trinajstić information content (AvgIpc) is 3.01. The lowest BCUT2D eigenvalue weighted by atomic mass is 10.3. The molecule has 16 heavy (non-hydrogen) atoms. The molecule has 0 bridgehead atoms. The zero-order chi connectivity index (χ0) is 11.1. The number of benzene rings is 1. The quantitative estimate of drug-likeness (QED) is 0.799. The minimum atomic E-state index is 0.682. The van der Waals surface area contributed by atoms with Gasteiger partial charge in [0, 0.05) is 6.04 Å². The van der Waals surface area contributed by atoms with E-state index in [1.54, 1.807) is 0 Å². The fourth-order valence-electron chi connectivity index (χ4n) is 1.94. The Hall–Kier alpha value is -1.55. The van der Waals surface area contributed by atoms with Crippen LogP contribution in [-0.4, -0.2) is 23.0 Å². The molecule has 0 unspecified atom stereocenters. The summed E-state index contributed by atoms with van der Waals surface area (Å²) in [5, 5.41) is 0. The molecule has 1 aliphatic rings. The molecule has 2 aromatic rings. The van der Waals surface area contributed by atoms with E-state index in [0.717, 1.165) is 23.5 Å². The predicted molar refractivity (Wildman–Crippen MR) is 62.9 cm³/mol. The second-order valence-corrected chi connectivity index (χ2v) is 4.45. The molecule has 0 aliphatic heterocycles. The maximum absolute atomic E-state index is 5.84. The van der Waals surface area contributed by atoms with E-state index in [1.807, 2.05) is 18.2 Å². The lowest BCUT2D eigenvalue weighted by Crippen LogP contribution is -2.19. The zero-order valence-electron chi connectivity index (χ0n) is 9.31. The van der Waals surface area contributed by atoms with Crippen LogP contribution in [0.5, 0.6) is 0 Å². The van der Waals surface area contributed by atoms with E-state index in [9.17, 15) is 0 Å². The Morgan fingerprint density at radius 3 is 3.00 bits per heavy atom. The maximum atomic E-state index is 5.84. The maximum Gasteiger partial charge on any atom is 0.209 e. The van der Waals surface area contributed by atoms with Crippen molar-refractivity contribution in [1.29, 1.82) is 0 Å². The topological polar surface area (TPSA) is 55.3 Å². The Morgan fingerprint density at radius 2 is 2.31 bits per heavy atom. The Kier molecular flexibility index (Phi) is 2.11. The molecule has 1 heterocycles. The number of para-hydroxylation sites is 1. The van der Waals surface area contributed by atoms with Crippen LogP contribution in [0.1, 0.15) is 18.7 Å². The third-order valence-corrected chi connectivity index (χ3v) is 3.05. The highest BCUT2D eigenvalue weighted by Crippen LogP contribution is 2.28. The van der Waals surface area contributed by atoms with E-state index in [4.69, 9.17) is 10.2 Å². The van der Waals surface area contributed by atoms with Crippen LogP contribution in [-0.2, 0) is 6.54 Å². The van der Waals surface area contributed by atoms with Crippen molar-refractivity contribution >= 4 is 16.8 Å². The normalized spacial score (nSPS) is 16.1. The number of rotatable bonds is 3. The molecular formula is C12H15N3O. The van der Waals surface area contributed by atoms with Gasteiger partial charge in [-0.25, -0.2) is 4.98 Å². The third-order valence-electron chi connectivity index (χ3n) is 3.05. The molecule has 0 amide bonds. The number of oxazole rings is 1. The summed E-state index contributed by atoms with van der Waals surface area (Å²) < 4.78 is 5.66. The number of anilines is 1. The first-order chi connectivity index (χ1) is 7.74. The molecule has 2 N–H and O–H groups in total. The van der Waals surface area contributed by atoms with Crippen molar-refractivity contribution in [1.82, 2.24) is 9.88 Å². The molecule has 1 aromatic heterocycles. The number of nitrogens with two attached hydrogens (primary N) is 1. The van der Waals surface area contributed by atoms with Crippen LogP contribution >= 0.6 is 0 Å². The molecule has 1 aromatic carbocycles. The fourth-order valence-corrected chi connectivity index (χ4v) is 1.94. The van der Waals surface area contributed by atoms with Gasteiger partial charge in [-0.3, -0.25) is 4.90 Å². The summed E-state index contributed by atoms with van der Waals surface area (Å²) in [6.07, 6.45) is 2.58. The molecule has 3 rings (SSSR count). The first-order valence-electron chi connectivity index (χ1n) is 5.58. The molecule has 0 spiro atoms. The first kappa shape index (κ1) is 9.66. The van der Waals surface area contributed by atoms with E-state index in [1.165, 1.54) is 12.8 Å². The van der Waals surface area contributed by atoms with Crippen molar-refractivity contribution in [3.63, 3.8) is 0 Å². The van der Waals surface area contributed by atoms with Crippen LogP contribution in [0.3, 0.4) is 0 Å². The zero-order valence-corrected chi connectivity index (χ0v) is 9.31. The van der Waals surface area contributed by atoms with E-state index < -0.39 is 0 Å². The summed E-state index contributed by atoms with van der Waals surface area (Å²) in [5.74, 6) is 0.752. The molecule has 4 nitrogen and oxygen atoms in total. The molecular weight excluding hydrogens is 202 g/mol. The monoisotopic (exact) mass is 217 g/mol. The highest BCUT2D eigenvalue weighted by molar-refractivity contribution is 5.85. The Bertz CT molecular complexity index is 516. The fraction of sp³-hybridized carbons (Fsp3) is 0.417. The van der Waals surface area contributed by atoms with Crippen molar-refractivity contribution in [3.8, 4) is 0 Å². The van der Waals surface area contributed by atoms with Crippen molar-refractivity contribution in [3.05, 3.63) is 24.1 Å². The standard InChI is InChI=1S/C12H15N3O/c1-15(8-5-6-8)7-11-14-12-9(13)3-2-4-10(12)16-11/h2-4,8H,5-7,13H2,1H3. The predicted octanol–water partition coefficient (Wildman–Crippen LogP) is 2.00. The Labute approximate surface area is 94.0 Å². The first-order valence-corrected chi connectivity index (χ1v) is 5.58. The van der Waals surface area contributed by atoms with Crippen molar-refractivity contribution in [2.24, 2.45) is 0 Å². The Morgan fingerprint density at radius 1 is 1.50 bits per heavy atom. The number of fused-ring (bicyclic) bond motifs is 1. The number of aromatic nitrogens is 1. The van der Waals surface area contributed by atoms with Crippen LogP contribution in [0.15, 0.2) is 22.6 Å². The summed E-state index contributed by atoms with van der Waals surface area (Å²) in [6.45, 7) is 0.763. The molecule has 1 saturated carbocycles. The van der Waals surface area contributed by atoms with Crippen LogP contribution in [0, 0.1) is 0 Å². The van der Waals surface area contributed by atoms with Gasteiger partial charge in [-0.1, -0.05) is 6.07 Å². The molecule has 4 heteroatoms. The molecule has 1 aliphatic carbocycles. The minimum absolute atomic E-state index is 0.682. The van der Waals surface area contributed by atoms with Gasteiger partial charge in [-0.05, 0) is 32.0 Å². The SMILES string of the molecule is CN(Cc1nc2c(N)cccc2o1)C1CC1. The van der Waals surface area contributed by atoms with Gasteiger partial charge in [-0.2, -0.15) is 0 Å². The lowest BCUT2D eigenvalue weighted by molar-refractivity contribution is 0.283. The van der Waals surface area contributed by atoms with Crippen LogP contribution in [0.2, 0.25) is 0 Å². The van der Waals surface area contributed by atoms with Crippen LogP contribution in [0.4, 0.5) is 5.69 Å². The van der Waals surface area contributed by atoms with E-state index in [-0.39, 0.29) is 0 Å².